The Labute approximate surface area is 211 Å². The number of nitrogens with one attached hydrogen (secondary N) is 1. The van der Waals surface area contributed by atoms with Gasteiger partial charge in [0, 0.05) is 24.2 Å². The molecule has 34 heavy (non-hydrogen) atoms. The van der Waals surface area contributed by atoms with E-state index in [0.717, 1.165) is 47.6 Å². The van der Waals surface area contributed by atoms with Crippen molar-refractivity contribution in [3.8, 4) is 0 Å². The number of benzene rings is 3. The molecule has 3 aromatic rings. The van der Waals surface area contributed by atoms with E-state index in [4.69, 9.17) is 23.2 Å². The summed E-state index contributed by atoms with van der Waals surface area (Å²) >= 11 is 12.8. The maximum atomic E-state index is 13.7. The molecule has 174 valence electrons. The van der Waals surface area contributed by atoms with Gasteiger partial charge in [0.2, 0.25) is 0 Å². The average molecular weight is 491 g/mol. The summed E-state index contributed by atoms with van der Waals surface area (Å²) in [5, 5.41) is 4.67. The van der Waals surface area contributed by atoms with Crippen LogP contribution in [-0.4, -0.2) is 12.3 Å². The van der Waals surface area contributed by atoms with E-state index in [1.165, 1.54) is 5.56 Å². The average Bonchev–Trinajstić information content (AvgIpc) is 2.93. The number of anilines is 2. The van der Waals surface area contributed by atoms with Crippen LogP contribution in [0.4, 0.5) is 11.4 Å². The predicted molar refractivity (Wildman–Crippen MR) is 142 cm³/mol. The quantitative estimate of drug-likeness (QED) is 0.403. The van der Waals surface area contributed by atoms with E-state index in [1.807, 2.05) is 30.3 Å². The first kappa shape index (κ1) is 23.0. The normalized spacial score (nSPS) is 19.2. The van der Waals surface area contributed by atoms with Gasteiger partial charge in [0.1, 0.15) is 0 Å². The standard InChI is InChI=1S/C29H28Cl2N2O/c1-29(2)17-24-27(26(34)18-29)28(20-12-13-21(30)22(31)16-20)33(15-14-19-8-4-3-5-9-19)25-11-7-6-10-23(25)32-24/h3-13,16,28,32H,14-15,17-18H2,1-2H3/t28-/m1/s1. The molecule has 0 saturated carbocycles. The predicted octanol–water partition coefficient (Wildman–Crippen LogP) is 7.85. The molecule has 1 heterocycles. The Balaban J connectivity index is 1.69. The first-order chi connectivity index (χ1) is 16.3. The Hall–Kier alpha value is -2.75. The first-order valence-electron chi connectivity index (χ1n) is 11.7. The van der Waals surface area contributed by atoms with Crippen LogP contribution in [-0.2, 0) is 11.2 Å². The maximum absolute atomic E-state index is 13.7. The van der Waals surface area contributed by atoms with Crippen molar-refractivity contribution in [2.45, 2.75) is 39.2 Å². The van der Waals surface area contributed by atoms with E-state index in [2.05, 4.69) is 66.5 Å². The van der Waals surface area contributed by atoms with Crippen molar-refractivity contribution >= 4 is 40.4 Å². The summed E-state index contributed by atoms with van der Waals surface area (Å²) in [6.45, 7) is 5.07. The summed E-state index contributed by atoms with van der Waals surface area (Å²) in [5.74, 6) is 0.187. The lowest BCUT2D eigenvalue weighted by molar-refractivity contribution is -0.118. The lowest BCUT2D eigenvalue weighted by Gasteiger charge is -2.38. The van der Waals surface area contributed by atoms with Crippen LogP contribution in [0.5, 0.6) is 0 Å². The molecule has 0 amide bonds. The molecule has 1 atom stereocenters. The van der Waals surface area contributed by atoms with Crippen molar-refractivity contribution < 1.29 is 4.79 Å². The van der Waals surface area contributed by atoms with Crippen LogP contribution < -0.4 is 10.2 Å². The zero-order valence-electron chi connectivity index (χ0n) is 19.4. The number of hydrogen-bond acceptors (Lipinski definition) is 3. The molecule has 0 unspecified atom stereocenters. The van der Waals surface area contributed by atoms with Gasteiger partial charge in [0.15, 0.2) is 5.78 Å². The molecular weight excluding hydrogens is 463 g/mol. The maximum Gasteiger partial charge on any atom is 0.163 e. The lowest BCUT2D eigenvalue weighted by Crippen LogP contribution is -2.37. The molecule has 3 aromatic carbocycles. The molecular formula is C29H28Cl2N2O. The van der Waals surface area contributed by atoms with Crippen molar-refractivity contribution in [1.29, 1.82) is 0 Å². The Bertz CT molecular complexity index is 1270. The minimum atomic E-state index is -0.256. The van der Waals surface area contributed by atoms with E-state index in [9.17, 15) is 4.79 Å². The van der Waals surface area contributed by atoms with Gasteiger partial charge in [-0.3, -0.25) is 4.79 Å². The van der Waals surface area contributed by atoms with Gasteiger partial charge in [-0.05, 0) is 53.6 Å². The minimum absolute atomic E-state index is 0.0980. The fourth-order valence-corrected chi connectivity index (χ4v) is 5.53. The van der Waals surface area contributed by atoms with E-state index in [1.54, 1.807) is 0 Å². The van der Waals surface area contributed by atoms with Gasteiger partial charge < -0.3 is 10.2 Å². The SMILES string of the molecule is CC1(C)CC(=O)C2=C(C1)Nc1ccccc1N(CCc1ccccc1)[C@@H]2c1ccc(Cl)c(Cl)c1. The molecule has 1 aliphatic heterocycles. The van der Waals surface area contributed by atoms with Gasteiger partial charge >= 0.3 is 0 Å². The summed E-state index contributed by atoms with van der Waals surface area (Å²) in [6, 6.07) is 24.3. The zero-order valence-corrected chi connectivity index (χ0v) is 21.0. The number of Topliss-reactive ketones (excluding diaryl/α,β-unsaturated/α-hetero) is 1. The van der Waals surface area contributed by atoms with Crippen molar-refractivity contribution in [2.24, 2.45) is 5.41 Å². The number of fused-ring (bicyclic) bond motifs is 1. The van der Waals surface area contributed by atoms with Gasteiger partial charge in [0.25, 0.3) is 0 Å². The topological polar surface area (TPSA) is 32.3 Å². The van der Waals surface area contributed by atoms with E-state index in [0.29, 0.717) is 16.5 Å². The number of ketones is 1. The molecule has 5 rings (SSSR count). The van der Waals surface area contributed by atoms with Crippen LogP contribution in [0, 0.1) is 5.41 Å². The highest BCUT2D eigenvalue weighted by molar-refractivity contribution is 6.42. The number of para-hydroxylation sites is 2. The third kappa shape index (κ3) is 4.47. The highest BCUT2D eigenvalue weighted by atomic mass is 35.5. The Morgan fingerprint density at radius 2 is 1.68 bits per heavy atom. The third-order valence-electron chi connectivity index (χ3n) is 6.75. The van der Waals surface area contributed by atoms with Gasteiger partial charge in [-0.15, -0.1) is 0 Å². The van der Waals surface area contributed by atoms with Gasteiger partial charge in [-0.2, -0.15) is 0 Å². The van der Waals surface area contributed by atoms with Crippen LogP contribution >= 0.6 is 23.2 Å². The van der Waals surface area contributed by atoms with Gasteiger partial charge in [-0.25, -0.2) is 0 Å². The Morgan fingerprint density at radius 3 is 2.44 bits per heavy atom. The second kappa shape index (κ2) is 9.13. The van der Waals surface area contributed by atoms with Gasteiger partial charge in [-0.1, -0.05) is 85.6 Å². The summed E-state index contributed by atoms with van der Waals surface area (Å²) in [7, 11) is 0. The molecule has 1 aliphatic carbocycles. The molecule has 5 heteroatoms. The second-order valence-electron chi connectivity index (χ2n) is 9.98. The molecule has 0 spiro atoms. The number of rotatable bonds is 4. The van der Waals surface area contributed by atoms with E-state index < -0.39 is 0 Å². The van der Waals surface area contributed by atoms with Crippen LogP contribution in [0.1, 0.15) is 43.9 Å². The van der Waals surface area contributed by atoms with Gasteiger partial charge in [0.05, 0.1) is 27.5 Å². The zero-order chi connectivity index (χ0) is 23.9. The molecule has 0 aromatic heterocycles. The fraction of sp³-hybridized carbons (Fsp3) is 0.276. The highest BCUT2D eigenvalue weighted by Gasteiger charge is 2.41. The molecule has 0 fully saturated rings. The third-order valence-corrected chi connectivity index (χ3v) is 7.49. The van der Waals surface area contributed by atoms with Crippen molar-refractivity contribution in [3.63, 3.8) is 0 Å². The van der Waals surface area contributed by atoms with E-state index in [-0.39, 0.29) is 17.2 Å². The summed E-state index contributed by atoms with van der Waals surface area (Å²) in [5.41, 5.74) is 6.08. The number of halogens is 2. The smallest absolute Gasteiger partial charge is 0.163 e. The molecule has 0 saturated heterocycles. The van der Waals surface area contributed by atoms with Crippen molar-refractivity contribution in [1.82, 2.24) is 0 Å². The Morgan fingerprint density at radius 1 is 0.941 bits per heavy atom. The summed E-state index contributed by atoms with van der Waals surface area (Å²) in [4.78, 5) is 16.1. The highest BCUT2D eigenvalue weighted by Crippen LogP contribution is 2.48. The van der Waals surface area contributed by atoms with Crippen LogP contribution in [0.15, 0.2) is 84.1 Å². The van der Waals surface area contributed by atoms with Crippen molar-refractivity contribution in [2.75, 3.05) is 16.8 Å². The summed E-state index contributed by atoms with van der Waals surface area (Å²) in [6.07, 6.45) is 2.19. The number of nitrogens with zero attached hydrogens (tertiary/aromatic N) is 1. The summed E-state index contributed by atoms with van der Waals surface area (Å²) < 4.78 is 0. The number of carbonyl (C=O) groups is 1. The van der Waals surface area contributed by atoms with Crippen LogP contribution in [0.3, 0.4) is 0 Å². The van der Waals surface area contributed by atoms with Crippen LogP contribution in [0.25, 0.3) is 0 Å². The minimum Gasteiger partial charge on any atom is -0.358 e. The molecule has 3 nitrogen and oxygen atoms in total. The molecule has 0 radical (unpaired) electrons. The van der Waals surface area contributed by atoms with E-state index >= 15 is 0 Å². The lowest BCUT2D eigenvalue weighted by atomic mass is 9.73. The monoisotopic (exact) mass is 490 g/mol. The number of hydrogen-bond donors (Lipinski definition) is 1. The molecule has 0 bridgehead atoms. The second-order valence-corrected chi connectivity index (χ2v) is 10.8. The first-order valence-corrected chi connectivity index (χ1v) is 12.5. The van der Waals surface area contributed by atoms with Crippen LogP contribution in [0.2, 0.25) is 10.0 Å². The fourth-order valence-electron chi connectivity index (χ4n) is 5.22. The van der Waals surface area contributed by atoms with Crippen molar-refractivity contribution in [3.05, 3.63) is 105 Å². The molecule has 2 aliphatic rings. The largest absolute Gasteiger partial charge is 0.358 e. The number of allylic oxidation sites excluding steroid dienone is 1. The molecule has 1 N–H and O–H groups in total. The number of carbonyl (C=O) groups excluding carboxylic acids is 1. The Kier molecular flexibility index (Phi) is 6.18.